The zero-order chi connectivity index (χ0) is 9.97. The number of hydrogen-bond donors (Lipinski definition) is 1. The average Bonchev–Trinajstić information content (AvgIpc) is 3.02. The number of amides is 1. The van der Waals surface area contributed by atoms with Crippen LogP contribution in [0.25, 0.3) is 4.85 Å². The molecule has 14 heavy (non-hydrogen) atoms. The summed E-state index contributed by atoms with van der Waals surface area (Å²) in [5.74, 6) is -0.0379. The predicted octanol–water partition coefficient (Wildman–Crippen LogP) is 2.13. The number of carbonyl (C=O) groups is 1. The topological polar surface area (TPSA) is 33.5 Å². The Hall–Kier alpha value is -1.82. The molecule has 0 spiro atoms. The van der Waals surface area contributed by atoms with Gasteiger partial charge in [0.1, 0.15) is 0 Å². The van der Waals surface area contributed by atoms with Gasteiger partial charge in [-0.2, -0.15) is 0 Å². The van der Waals surface area contributed by atoms with Crippen molar-refractivity contribution in [2.75, 3.05) is 0 Å². The van der Waals surface area contributed by atoms with E-state index < -0.39 is 0 Å². The minimum Gasteiger partial charge on any atom is -0.349 e. The van der Waals surface area contributed by atoms with Crippen LogP contribution in [0.3, 0.4) is 0 Å². The Morgan fingerprint density at radius 1 is 1.36 bits per heavy atom. The molecular weight excluding hydrogens is 176 g/mol. The molecule has 0 bridgehead atoms. The summed E-state index contributed by atoms with van der Waals surface area (Å²) in [4.78, 5) is 14.8. The highest BCUT2D eigenvalue weighted by atomic mass is 16.1. The van der Waals surface area contributed by atoms with Gasteiger partial charge in [-0.05, 0) is 12.8 Å². The Labute approximate surface area is 82.6 Å². The number of benzene rings is 1. The standard InChI is InChI=1S/C11H10N2O/c1-12-9-4-2-8(3-5-9)11(14)13-10-6-7-10/h2-5,10H,6-7H2,(H,13,14). The first-order chi connectivity index (χ1) is 6.79. The number of carbonyl (C=O) groups excluding carboxylic acids is 1. The Kier molecular flexibility index (Phi) is 2.19. The van der Waals surface area contributed by atoms with E-state index in [0.29, 0.717) is 17.3 Å². The summed E-state index contributed by atoms with van der Waals surface area (Å²) >= 11 is 0. The van der Waals surface area contributed by atoms with Gasteiger partial charge in [-0.3, -0.25) is 4.79 Å². The number of nitrogens with one attached hydrogen (secondary N) is 1. The van der Waals surface area contributed by atoms with Gasteiger partial charge in [-0.1, -0.05) is 24.3 Å². The lowest BCUT2D eigenvalue weighted by Crippen LogP contribution is -2.25. The largest absolute Gasteiger partial charge is 0.349 e. The van der Waals surface area contributed by atoms with Crippen LogP contribution in [0.15, 0.2) is 24.3 Å². The van der Waals surface area contributed by atoms with Crippen molar-refractivity contribution >= 4 is 11.6 Å². The first-order valence-corrected chi connectivity index (χ1v) is 4.58. The molecule has 1 N–H and O–H groups in total. The maximum Gasteiger partial charge on any atom is 0.251 e. The van der Waals surface area contributed by atoms with E-state index in [1.807, 2.05) is 0 Å². The number of nitrogens with zero attached hydrogens (tertiary/aromatic N) is 1. The molecule has 0 saturated heterocycles. The van der Waals surface area contributed by atoms with E-state index >= 15 is 0 Å². The van der Waals surface area contributed by atoms with E-state index in [2.05, 4.69) is 10.2 Å². The zero-order valence-corrected chi connectivity index (χ0v) is 7.66. The molecule has 0 atom stereocenters. The Bertz CT molecular complexity index is 385. The molecular formula is C11H10N2O. The summed E-state index contributed by atoms with van der Waals surface area (Å²) in [7, 11) is 0. The van der Waals surface area contributed by atoms with Crippen LogP contribution < -0.4 is 5.32 Å². The van der Waals surface area contributed by atoms with Gasteiger partial charge in [0.15, 0.2) is 5.69 Å². The number of hydrogen-bond acceptors (Lipinski definition) is 1. The molecule has 1 aromatic carbocycles. The van der Waals surface area contributed by atoms with Gasteiger partial charge in [-0.15, -0.1) is 0 Å². The van der Waals surface area contributed by atoms with Gasteiger partial charge in [0.25, 0.3) is 5.91 Å². The van der Waals surface area contributed by atoms with Crippen LogP contribution in [0.1, 0.15) is 23.2 Å². The van der Waals surface area contributed by atoms with E-state index in [-0.39, 0.29) is 5.91 Å². The average molecular weight is 186 g/mol. The molecule has 3 nitrogen and oxygen atoms in total. The SMILES string of the molecule is [C-]#[N+]c1ccc(C(=O)NC2CC2)cc1. The second-order valence-electron chi connectivity index (χ2n) is 3.41. The van der Waals surface area contributed by atoms with Crippen molar-refractivity contribution in [1.82, 2.24) is 5.32 Å². The van der Waals surface area contributed by atoms with Gasteiger partial charge in [0, 0.05) is 11.6 Å². The predicted molar refractivity (Wildman–Crippen MR) is 53.2 cm³/mol. The fourth-order valence-corrected chi connectivity index (χ4v) is 1.18. The van der Waals surface area contributed by atoms with E-state index in [1.54, 1.807) is 24.3 Å². The summed E-state index contributed by atoms with van der Waals surface area (Å²) < 4.78 is 0. The van der Waals surface area contributed by atoms with Crippen LogP contribution in [0.5, 0.6) is 0 Å². The third-order valence-electron chi connectivity index (χ3n) is 2.17. The van der Waals surface area contributed by atoms with Gasteiger partial charge in [-0.25, -0.2) is 4.85 Å². The summed E-state index contributed by atoms with van der Waals surface area (Å²) in [6.45, 7) is 6.77. The molecule has 0 aromatic heterocycles. The lowest BCUT2D eigenvalue weighted by atomic mass is 10.2. The fraction of sp³-hybridized carbons (Fsp3) is 0.273. The van der Waals surface area contributed by atoms with Crippen LogP contribution in [-0.2, 0) is 0 Å². The van der Waals surface area contributed by atoms with Crippen LogP contribution in [0.2, 0.25) is 0 Å². The zero-order valence-electron chi connectivity index (χ0n) is 7.66. The van der Waals surface area contributed by atoms with E-state index in [0.717, 1.165) is 12.8 Å². The monoisotopic (exact) mass is 186 g/mol. The van der Waals surface area contributed by atoms with E-state index in [1.165, 1.54) is 0 Å². The highest BCUT2D eigenvalue weighted by molar-refractivity contribution is 5.94. The highest BCUT2D eigenvalue weighted by Crippen LogP contribution is 2.20. The molecule has 3 heteroatoms. The maximum atomic E-state index is 11.5. The molecule has 1 aromatic rings. The third kappa shape index (κ3) is 1.91. The molecule has 1 saturated carbocycles. The molecule has 2 rings (SSSR count). The van der Waals surface area contributed by atoms with E-state index in [9.17, 15) is 4.79 Å². The molecule has 1 fully saturated rings. The van der Waals surface area contributed by atoms with Gasteiger partial charge < -0.3 is 5.32 Å². The number of rotatable bonds is 2. The normalized spacial score (nSPS) is 14.5. The smallest absolute Gasteiger partial charge is 0.251 e. The quantitative estimate of drug-likeness (QED) is 0.705. The maximum absolute atomic E-state index is 11.5. The Balaban J connectivity index is 2.08. The Morgan fingerprint density at radius 3 is 2.50 bits per heavy atom. The molecule has 1 aliphatic rings. The fourth-order valence-electron chi connectivity index (χ4n) is 1.18. The second kappa shape index (κ2) is 3.51. The minimum atomic E-state index is -0.0379. The second-order valence-corrected chi connectivity index (χ2v) is 3.41. The van der Waals surface area contributed by atoms with Gasteiger partial charge in [0.2, 0.25) is 0 Å². The van der Waals surface area contributed by atoms with Crippen molar-refractivity contribution in [1.29, 1.82) is 0 Å². The molecule has 0 aliphatic heterocycles. The molecule has 1 amide bonds. The molecule has 70 valence electrons. The van der Waals surface area contributed by atoms with Crippen LogP contribution in [0.4, 0.5) is 5.69 Å². The highest BCUT2D eigenvalue weighted by Gasteiger charge is 2.23. The van der Waals surface area contributed by atoms with Crippen molar-refractivity contribution in [2.24, 2.45) is 0 Å². The van der Waals surface area contributed by atoms with Crippen molar-refractivity contribution in [3.05, 3.63) is 41.2 Å². The van der Waals surface area contributed by atoms with Crippen LogP contribution in [0, 0.1) is 6.57 Å². The summed E-state index contributed by atoms with van der Waals surface area (Å²) in [5.41, 5.74) is 1.19. The lowest BCUT2D eigenvalue weighted by Gasteiger charge is -2.02. The van der Waals surface area contributed by atoms with Crippen LogP contribution >= 0.6 is 0 Å². The summed E-state index contributed by atoms with van der Waals surface area (Å²) in [5, 5.41) is 2.89. The van der Waals surface area contributed by atoms with Crippen LogP contribution in [-0.4, -0.2) is 11.9 Å². The van der Waals surface area contributed by atoms with Gasteiger partial charge >= 0.3 is 0 Å². The van der Waals surface area contributed by atoms with E-state index in [4.69, 9.17) is 6.57 Å². The molecule has 0 unspecified atom stereocenters. The summed E-state index contributed by atoms with van der Waals surface area (Å²) in [6.07, 6.45) is 2.18. The molecule has 1 aliphatic carbocycles. The third-order valence-corrected chi connectivity index (χ3v) is 2.17. The first kappa shape index (κ1) is 8.76. The summed E-state index contributed by atoms with van der Waals surface area (Å²) in [6, 6.07) is 7.07. The lowest BCUT2D eigenvalue weighted by molar-refractivity contribution is 0.0951. The molecule has 0 radical (unpaired) electrons. The van der Waals surface area contributed by atoms with Crippen molar-refractivity contribution in [3.8, 4) is 0 Å². The van der Waals surface area contributed by atoms with Crippen molar-refractivity contribution < 1.29 is 4.79 Å². The van der Waals surface area contributed by atoms with Gasteiger partial charge in [0.05, 0.1) is 6.57 Å². The first-order valence-electron chi connectivity index (χ1n) is 4.58. The van der Waals surface area contributed by atoms with Crippen molar-refractivity contribution in [2.45, 2.75) is 18.9 Å². The minimum absolute atomic E-state index is 0.0379. The van der Waals surface area contributed by atoms with Crippen molar-refractivity contribution in [3.63, 3.8) is 0 Å². The molecule has 0 heterocycles. The Morgan fingerprint density at radius 2 is 2.00 bits per heavy atom.